The van der Waals surface area contributed by atoms with Crippen LogP contribution in [0.25, 0.3) is 0 Å². The van der Waals surface area contributed by atoms with Gasteiger partial charge in [-0.05, 0) is 77.8 Å². The highest BCUT2D eigenvalue weighted by Crippen LogP contribution is 2.61. The van der Waals surface area contributed by atoms with Gasteiger partial charge in [0.1, 0.15) is 29.3 Å². The second-order valence-electron chi connectivity index (χ2n) is 19.1. The predicted octanol–water partition coefficient (Wildman–Crippen LogP) is 6.92. The number of pyridine rings is 1. The summed E-state index contributed by atoms with van der Waals surface area (Å²) in [6.07, 6.45) is -2.20. The van der Waals surface area contributed by atoms with Crippen LogP contribution in [-0.4, -0.2) is 89.2 Å². The fourth-order valence-electron chi connectivity index (χ4n) is 11.1. The van der Waals surface area contributed by atoms with Crippen LogP contribution in [0.3, 0.4) is 0 Å². The number of methoxy groups -OCH3 is 1. The normalized spacial score (nSPS) is 25.0. The summed E-state index contributed by atoms with van der Waals surface area (Å²) < 4.78 is 64.6. The predicted molar refractivity (Wildman–Crippen MR) is 236 cm³/mol. The minimum absolute atomic E-state index is 0.00337. The summed E-state index contributed by atoms with van der Waals surface area (Å²) in [5, 5.41) is 5.27. The van der Waals surface area contributed by atoms with Gasteiger partial charge in [-0.1, -0.05) is 56.6 Å². The van der Waals surface area contributed by atoms with Crippen molar-refractivity contribution in [3.8, 4) is 5.75 Å². The number of alkyl halides is 3. The molecule has 0 aliphatic carbocycles. The number of nitrogens with two attached hydrogens (primary N) is 1. The highest BCUT2D eigenvalue weighted by Gasteiger charge is 2.66. The first-order chi connectivity index (χ1) is 31.2. The van der Waals surface area contributed by atoms with Gasteiger partial charge in [0.15, 0.2) is 0 Å². The summed E-state index contributed by atoms with van der Waals surface area (Å²) >= 11 is 6.39. The lowest BCUT2D eigenvalue weighted by Crippen LogP contribution is -2.52. The standard InChI is InChI=1S/C48H48ClF4N7O6/c1-46(2,3)19-37-47(23-56-32-18-36(48(51,52)53)55-20-30(32)47)39(29-6-5-7-31(49)40(29)50)41(42(54)62)60(37)33-11-9-25(17-35(33)66-4)44(64)58-15-14-26(21-58)24-8-10-28-27(16-24)22-59(45(28)65)34-12-13-38(61)57-43(34)63/h5-11,16-18,20,26,34,37,39,41,56H,12-15,19,21-23H2,1-4H3,(H2,54,62)(H,57,61,63)/t26-,34?,37+,39+,41-,47+/m1/s1. The molecule has 3 aromatic carbocycles. The van der Waals surface area contributed by atoms with Crippen molar-refractivity contribution < 1.29 is 46.3 Å². The average Bonchev–Trinajstić information content (AvgIpc) is 4.04. The average molecular weight is 930 g/mol. The minimum atomic E-state index is -4.75. The Hall–Kier alpha value is -6.23. The summed E-state index contributed by atoms with van der Waals surface area (Å²) in [5.41, 5.74) is 6.90. The number of anilines is 2. The number of halogens is 5. The molecule has 5 aliphatic rings. The van der Waals surface area contributed by atoms with Crippen molar-refractivity contribution in [2.75, 3.05) is 37.0 Å². The molecule has 0 saturated carbocycles. The molecule has 13 nitrogen and oxygen atoms in total. The summed E-state index contributed by atoms with van der Waals surface area (Å²) in [7, 11) is 1.42. The quantitative estimate of drug-likeness (QED) is 0.126. The van der Waals surface area contributed by atoms with Crippen LogP contribution in [0.5, 0.6) is 5.75 Å². The number of nitrogens with zero attached hydrogens (tertiary/aromatic N) is 4. The van der Waals surface area contributed by atoms with Crippen LogP contribution < -0.4 is 26.0 Å². The molecule has 9 rings (SSSR count). The number of likely N-dealkylation sites (tertiary alicyclic amines) is 1. The second-order valence-corrected chi connectivity index (χ2v) is 19.5. The van der Waals surface area contributed by atoms with Crippen molar-refractivity contribution in [3.63, 3.8) is 0 Å². The van der Waals surface area contributed by atoms with E-state index >= 15 is 4.39 Å². The molecule has 5 amide bonds. The van der Waals surface area contributed by atoms with E-state index in [0.29, 0.717) is 48.3 Å². The zero-order valence-corrected chi connectivity index (χ0v) is 37.4. The van der Waals surface area contributed by atoms with Gasteiger partial charge >= 0.3 is 6.18 Å². The van der Waals surface area contributed by atoms with E-state index in [0.717, 1.165) is 23.4 Å². The van der Waals surface area contributed by atoms with Crippen LogP contribution in [0.2, 0.25) is 5.02 Å². The lowest BCUT2D eigenvalue weighted by Gasteiger charge is -2.41. The molecule has 6 atom stereocenters. The Morgan fingerprint density at radius 2 is 1.80 bits per heavy atom. The Morgan fingerprint density at radius 1 is 1.03 bits per heavy atom. The molecule has 66 heavy (non-hydrogen) atoms. The minimum Gasteiger partial charge on any atom is -0.495 e. The molecule has 6 heterocycles. The Morgan fingerprint density at radius 3 is 2.50 bits per heavy atom. The monoisotopic (exact) mass is 929 g/mol. The number of ether oxygens (including phenoxy) is 1. The number of primary amides is 1. The highest BCUT2D eigenvalue weighted by atomic mass is 35.5. The molecule has 18 heteroatoms. The second kappa shape index (κ2) is 16.3. The summed E-state index contributed by atoms with van der Waals surface area (Å²) in [4.78, 5) is 74.9. The van der Waals surface area contributed by atoms with Crippen LogP contribution in [0, 0.1) is 11.2 Å². The zero-order chi connectivity index (χ0) is 47.2. The molecule has 0 bridgehead atoms. The Kier molecular flexibility index (Phi) is 11.1. The van der Waals surface area contributed by atoms with Crippen LogP contribution >= 0.6 is 11.6 Å². The molecule has 4 N–H and O–H groups in total. The number of aromatic nitrogens is 1. The number of nitrogens with one attached hydrogen (secondary N) is 2. The molecule has 3 fully saturated rings. The van der Waals surface area contributed by atoms with Crippen LogP contribution in [0.4, 0.5) is 28.9 Å². The number of piperidine rings is 1. The van der Waals surface area contributed by atoms with E-state index in [-0.39, 0.29) is 71.6 Å². The highest BCUT2D eigenvalue weighted by molar-refractivity contribution is 6.30. The first kappa shape index (κ1) is 44.9. The van der Waals surface area contributed by atoms with Gasteiger partial charge in [0.25, 0.3) is 11.8 Å². The lowest BCUT2D eigenvalue weighted by molar-refractivity contribution is -0.141. The maximum atomic E-state index is 16.5. The maximum Gasteiger partial charge on any atom is 0.433 e. The number of fused-ring (bicyclic) bond motifs is 3. The fourth-order valence-corrected chi connectivity index (χ4v) is 11.3. The van der Waals surface area contributed by atoms with Gasteiger partial charge in [0.05, 0.1) is 17.8 Å². The molecule has 1 spiro atoms. The Labute approximate surface area is 383 Å². The molecular weight excluding hydrogens is 882 g/mol. The van der Waals surface area contributed by atoms with Gasteiger partial charge in [-0.25, -0.2) is 4.39 Å². The molecular formula is C48H48ClF4N7O6. The molecule has 4 aromatic rings. The van der Waals surface area contributed by atoms with E-state index in [1.807, 2.05) is 32.9 Å². The summed E-state index contributed by atoms with van der Waals surface area (Å²) in [6.45, 7) is 7.00. The van der Waals surface area contributed by atoms with Gasteiger partial charge < -0.3 is 30.5 Å². The summed E-state index contributed by atoms with van der Waals surface area (Å²) in [5.74, 6) is -3.95. The van der Waals surface area contributed by atoms with Gasteiger partial charge in [-0.3, -0.25) is 34.3 Å². The third-order valence-electron chi connectivity index (χ3n) is 14.0. The van der Waals surface area contributed by atoms with E-state index in [1.54, 1.807) is 40.1 Å². The number of rotatable bonds is 8. The topological polar surface area (TPSA) is 167 Å². The number of hydrogen-bond acceptors (Lipinski definition) is 9. The third kappa shape index (κ3) is 7.48. The first-order valence-electron chi connectivity index (χ1n) is 21.8. The zero-order valence-electron chi connectivity index (χ0n) is 36.6. The molecule has 3 saturated heterocycles. The number of carbonyl (C=O) groups is 5. The molecule has 0 radical (unpaired) electrons. The largest absolute Gasteiger partial charge is 0.495 e. The smallest absolute Gasteiger partial charge is 0.433 e. The lowest BCUT2D eigenvalue weighted by atomic mass is 9.63. The van der Waals surface area contributed by atoms with Crippen LogP contribution in [-0.2, 0) is 32.5 Å². The number of benzene rings is 3. The van der Waals surface area contributed by atoms with E-state index in [4.69, 9.17) is 22.1 Å². The fraction of sp³-hybridized carbons (Fsp3) is 0.417. The van der Waals surface area contributed by atoms with Gasteiger partial charge in [0.2, 0.25) is 17.7 Å². The van der Waals surface area contributed by atoms with Crippen molar-refractivity contribution in [1.82, 2.24) is 20.1 Å². The van der Waals surface area contributed by atoms with Crippen molar-refractivity contribution in [3.05, 3.63) is 117 Å². The van der Waals surface area contributed by atoms with Crippen molar-refractivity contribution >= 4 is 52.5 Å². The molecule has 5 aliphatic heterocycles. The van der Waals surface area contributed by atoms with Gasteiger partial charge in [-0.2, -0.15) is 13.2 Å². The van der Waals surface area contributed by atoms with E-state index in [9.17, 15) is 37.1 Å². The first-order valence-corrected chi connectivity index (χ1v) is 22.2. The molecule has 1 aromatic heterocycles. The van der Waals surface area contributed by atoms with E-state index in [1.165, 1.54) is 24.1 Å². The van der Waals surface area contributed by atoms with Crippen molar-refractivity contribution in [2.45, 2.75) is 94.6 Å². The van der Waals surface area contributed by atoms with Crippen molar-refractivity contribution in [1.29, 1.82) is 0 Å². The number of amides is 5. The van der Waals surface area contributed by atoms with E-state index in [2.05, 4.69) is 15.6 Å². The Balaban J connectivity index is 1.05. The number of imide groups is 1. The van der Waals surface area contributed by atoms with Crippen LogP contribution in [0.15, 0.2) is 66.9 Å². The Bertz CT molecular complexity index is 2710. The number of carbonyl (C=O) groups excluding carboxylic acids is 5. The van der Waals surface area contributed by atoms with Gasteiger partial charge in [-0.15, -0.1) is 0 Å². The van der Waals surface area contributed by atoms with E-state index < -0.39 is 64.4 Å². The van der Waals surface area contributed by atoms with Gasteiger partial charge in [0, 0.05) is 84.5 Å². The third-order valence-corrected chi connectivity index (χ3v) is 14.3. The van der Waals surface area contributed by atoms with Crippen molar-refractivity contribution in [2.24, 2.45) is 11.1 Å². The SMILES string of the molecule is COc1cc(C(=O)N2CC[C@@H](c3ccc4c(c3)CN(C3CCC(=O)NC3=O)C4=O)C2)ccc1N1[C@@H](CC(C)(C)C)[C@@]2(CNc3cc(C(F)(F)F)ncc32)[C@@H](c2cccc(Cl)c2F)[C@@H]1C(N)=O. The van der Waals surface area contributed by atoms with Crippen LogP contribution in [0.1, 0.15) is 107 Å². The summed E-state index contributed by atoms with van der Waals surface area (Å²) in [6, 6.07) is 13.0. The maximum absolute atomic E-state index is 16.5. The molecule has 346 valence electrons. The molecule has 1 unspecified atom stereocenters. The number of hydrogen-bond donors (Lipinski definition) is 3.